The van der Waals surface area contributed by atoms with E-state index in [9.17, 15) is 4.79 Å². The molecule has 1 atom stereocenters. The first-order valence-corrected chi connectivity index (χ1v) is 9.09. The van der Waals surface area contributed by atoms with Crippen LogP contribution >= 0.6 is 0 Å². The zero-order valence-electron chi connectivity index (χ0n) is 15.2. The van der Waals surface area contributed by atoms with Crippen LogP contribution in [0.5, 0.6) is 0 Å². The molecule has 1 N–H and O–H groups in total. The van der Waals surface area contributed by atoms with Gasteiger partial charge in [0.2, 0.25) is 0 Å². The first-order valence-electron chi connectivity index (χ1n) is 9.09. The normalized spacial score (nSPS) is 16.7. The van der Waals surface area contributed by atoms with Gasteiger partial charge < -0.3 is 9.88 Å². The predicted octanol–water partition coefficient (Wildman–Crippen LogP) is 2.18. The average molecular weight is 362 g/mol. The molecule has 138 valence electrons. The van der Waals surface area contributed by atoms with Gasteiger partial charge in [0.25, 0.3) is 5.91 Å². The molecule has 4 rings (SSSR count). The van der Waals surface area contributed by atoms with Crippen molar-refractivity contribution in [2.45, 2.75) is 32.6 Å². The summed E-state index contributed by atoms with van der Waals surface area (Å²) in [6.45, 7) is 5.05. The number of hydrogen-bond acceptors (Lipinski definition) is 5. The van der Waals surface area contributed by atoms with E-state index in [0.717, 1.165) is 36.7 Å². The molecule has 0 bridgehead atoms. The summed E-state index contributed by atoms with van der Waals surface area (Å²) in [5, 5.41) is 2.91. The fourth-order valence-corrected chi connectivity index (χ4v) is 3.34. The van der Waals surface area contributed by atoms with Crippen molar-refractivity contribution in [2.75, 3.05) is 6.54 Å². The second-order valence-electron chi connectivity index (χ2n) is 6.69. The van der Waals surface area contributed by atoms with Crippen LogP contribution < -0.4 is 5.32 Å². The van der Waals surface area contributed by atoms with Crippen LogP contribution in [-0.2, 0) is 19.6 Å². The van der Waals surface area contributed by atoms with E-state index in [2.05, 4.69) is 36.7 Å². The zero-order chi connectivity index (χ0) is 18.6. The van der Waals surface area contributed by atoms with Gasteiger partial charge in [0, 0.05) is 51.0 Å². The summed E-state index contributed by atoms with van der Waals surface area (Å²) in [6.07, 6.45) is 7.13. The molecular formula is C20H22N6O. The number of aromatic nitrogens is 4. The number of carbonyl (C=O) groups is 1. The maximum atomic E-state index is 12.5. The number of pyridine rings is 2. The van der Waals surface area contributed by atoms with Gasteiger partial charge in [-0.1, -0.05) is 12.1 Å². The van der Waals surface area contributed by atoms with E-state index in [1.807, 2.05) is 42.7 Å². The van der Waals surface area contributed by atoms with Crippen molar-refractivity contribution in [3.63, 3.8) is 0 Å². The van der Waals surface area contributed by atoms with Gasteiger partial charge in [-0.3, -0.25) is 19.7 Å². The van der Waals surface area contributed by atoms with Gasteiger partial charge in [0.1, 0.15) is 11.5 Å². The number of carbonyl (C=O) groups excluding carboxylic acids is 1. The van der Waals surface area contributed by atoms with Crippen molar-refractivity contribution in [3.05, 3.63) is 77.9 Å². The van der Waals surface area contributed by atoms with E-state index in [-0.39, 0.29) is 11.9 Å². The number of hydrogen-bond donors (Lipinski definition) is 1. The second-order valence-corrected chi connectivity index (χ2v) is 6.69. The summed E-state index contributed by atoms with van der Waals surface area (Å²) in [7, 11) is 0. The first-order chi connectivity index (χ1) is 13.2. The van der Waals surface area contributed by atoms with Gasteiger partial charge in [-0.05, 0) is 30.7 Å². The average Bonchev–Trinajstić information content (AvgIpc) is 3.15. The Morgan fingerprint density at radius 2 is 2.15 bits per heavy atom. The summed E-state index contributed by atoms with van der Waals surface area (Å²) >= 11 is 0. The van der Waals surface area contributed by atoms with Crippen LogP contribution in [0.3, 0.4) is 0 Å². The SMILES string of the molecule is C[C@@H]1c2nc(C(=O)NCc3cccnc3)cn2CCN1Cc1ccccn1. The Labute approximate surface area is 158 Å². The summed E-state index contributed by atoms with van der Waals surface area (Å²) in [6, 6.07) is 9.87. The first kappa shape index (κ1) is 17.4. The van der Waals surface area contributed by atoms with Crippen molar-refractivity contribution in [3.8, 4) is 0 Å². The number of amides is 1. The van der Waals surface area contributed by atoms with Crippen molar-refractivity contribution in [2.24, 2.45) is 0 Å². The van der Waals surface area contributed by atoms with E-state index >= 15 is 0 Å². The quantitative estimate of drug-likeness (QED) is 0.753. The molecular weight excluding hydrogens is 340 g/mol. The summed E-state index contributed by atoms with van der Waals surface area (Å²) in [5.41, 5.74) is 2.46. The molecule has 3 aromatic rings. The van der Waals surface area contributed by atoms with Crippen LogP contribution in [0.2, 0.25) is 0 Å². The molecule has 4 heterocycles. The number of imidazole rings is 1. The Bertz CT molecular complexity index is 909. The highest BCUT2D eigenvalue weighted by Crippen LogP contribution is 2.25. The Morgan fingerprint density at radius 1 is 1.22 bits per heavy atom. The molecule has 0 saturated carbocycles. The molecule has 0 unspecified atom stereocenters. The molecule has 0 fully saturated rings. The molecule has 1 aliphatic rings. The smallest absolute Gasteiger partial charge is 0.271 e. The van der Waals surface area contributed by atoms with Crippen LogP contribution in [0.4, 0.5) is 0 Å². The third kappa shape index (κ3) is 3.88. The van der Waals surface area contributed by atoms with Crippen LogP contribution in [0.15, 0.2) is 55.1 Å². The molecule has 1 amide bonds. The van der Waals surface area contributed by atoms with Gasteiger partial charge in [0.05, 0.1) is 11.7 Å². The Balaban J connectivity index is 1.43. The Hall–Kier alpha value is -3.06. The van der Waals surface area contributed by atoms with Crippen molar-refractivity contribution < 1.29 is 4.79 Å². The monoisotopic (exact) mass is 362 g/mol. The fraction of sp³-hybridized carbons (Fsp3) is 0.300. The predicted molar refractivity (Wildman–Crippen MR) is 101 cm³/mol. The van der Waals surface area contributed by atoms with Crippen molar-refractivity contribution >= 4 is 5.91 Å². The highest BCUT2D eigenvalue weighted by Gasteiger charge is 2.27. The van der Waals surface area contributed by atoms with Crippen LogP contribution in [0.1, 0.15) is 40.5 Å². The third-order valence-electron chi connectivity index (χ3n) is 4.86. The van der Waals surface area contributed by atoms with Crippen molar-refractivity contribution in [1.29, 1.82) is 0 Å². The minimum Gasteiger partial charge on any atom is -0.347 e. The van der Waals surface area contributed by atoms with Crippen LogP contribution in [0.25, 0.3) is 0 Å². The molecule has 0 aromatic carbocycles. The maximum absolute atomic E-state index is 12.5. The van der Waals surface area contributed by atoms with E-state index in [1.54, 1.807) is 12.4 Å². The fourth-order valence-electron chi connectivity index (χ4n) is 3.34. The zero-order valence-corrected chi connectivity index (χ0v) is 15.2. The van der Waals surface area contributed by atoms with Crippen LogP contribution in [0, 0.1) is 0 Å². The van der Waals surface area contributed by atoms with Gasteiger partial charge in [-0.25, -0.2) is 4.98 Å². The number of nitrogens with one attached hydrogen (secondary N) is 1. The summed E-state index contributed by atoms with van der Waals surface area (Å²) in [4.78, 5) is 27.9. The summed E-state index contributed by atoms with van der Waals surface area (Å²) < 4.78 is 2.08. The lowest BCUT2D eigenvalue weighted by Gasteiger charge is -2.33. The Kier molecular flexibility index (Phi) is 4.93. The standard InChI is InChI=1S/C20H22N6O/c1-15-19-24-18(20(27)23-12-16-5-4-7-21-11-16)14-26(19)10-9-25(15)13-17-6-2-3-8-22-17/h2-8,11,14-15H,9-10,12-13H2,1H3,(H,23,27)/t15-/m1/s1. The molecule has 0 spiro atoms. The van der Waals surface area contributed by atoms with E-state index in [1.165, 1.54) is 0 Å². The molecule has 1 aliphatic heterocycles. The van der Waals surface area contributed by atoms with Crippen molar-refractivity contribution in [1.82, 2.24) is 29.7 Å². The lowest BCUT2D eigenvalue weighted by atomic mass is 10.2. The van der Waals surface area contributed by atoms with E-state index in [4.69, 9.17) is 0 Å². The largest absolute Gasteiger partial charge is 0.347 e. The van der Waals surface area contributed by atoms with E-state index < -0.39 is 0 Å². The van der Waals surface area contributed by atoms with E-state index in [0.29, 0.717) is 12.2 Å². The number of fused-ring (bicyclic) bond motifs is 1. The molecule has 7 heteroatoms. The lowest BCUT2D eigenvalue weighted by Crippen LogP contribution is -2.36. The molecule has 0 saturated heterocycles. The number of rotatable bonds is 5. The van der Waals surface area contributed by atoms with Crippen LogP contribution in [-0.4, -0.2) is 36.9 Å². The highest BCUT2D eigenvalue weighted by atomic mass is 16.1. The minimum absolute atomic E-state index is 0.126. The maximum Gasteiger partial charge on any atom is 0.271 e. The third-order valence-corrected chi connectivity index (χ3v) is 4.86. The molecule has 7 nitrogen and oxygen atoms in total. The molecule has 27 heavy (non-hydrogen) atoms. The molecule has 0 aliphatic carbocycles. The summed E-state index contributed by atoms with van der Waals surface area (Å²) in [5.74, 6) is 0.757. The second kappa shape index (κ2) is 7.67. The van der Waals surface area contributed by atoms with Gasteiger partial charge in [-0.15, -0.1) is 0 Å². The number of nitrogens with zero attached hydrogens (tertiary/aromatic N) is 5. The van der Waals surface area contributed by atoms with Gasteiger partial charge >= 0.3 is 0 Å². The topological polar surface area (TPSA) is 75.9 Å². The molecule has 0 radical (unpaired) electrons. The lowest BCUT2D eigenvalue weighted by molar-refractivity contribution is 0.0946. The van der Waals surface area contributed by atoms with Gasteiger partial charge in [0.15, 0.2) is 0 Å². The highest BCUT2D eigenvalue weighted by molar-refractivity contribution is 5.92. The molecule has 3 aromatic heterocycles. The Morgan fingerprint density at radius 3 is 2.93 bits per heavy atom. The minimum atomic E-state index is -0.163. The van der Waals surface area contributed by atoms with Gasteiger partial charge in [-0.2, -0.15) is 0 Å².